The molecule has 1 unspecified atom stereocenters. The number of ether oxygens (including phenoxy) is 1. The van der Waals surface area contributed by atoms with E-state index in [1.54, 1.807) is 12.1 Å². The SMILES string of the molecule is NC(=O)C1CN(c2ccc(N3CCSCC3)c(F)c2)C(=O)O1. The van der Waals surface area contributed by atoms with Gasteiger partial charge in [-0.15, -0.1) is 0 Å². The lowest BCUT2D eigenvalue weighted by atomic mass is 10.2. The molecular weight excluding hydrogens is 309 g/mol. The zero-order chi connectivity index (χ0) is 15.7. The van der Waals surface area contributed by atoms with Crippen LogP contribution < -0.4 is 15.5 Å². The van der Waals surface area contributed by atoms with E-state index >= 15 is 0 Å². The van der Waals surface area contributed by atoms with E-state index in [2.05, 4.69) is 0 Å². The first-order valence-corrected chi connectivity index (χ1v) is 8.11. The Morgan fingerprint density at radius 2 is 2.09 bits per heavy atom. The minimum Gasteiger partial charge on any atom is -0.434 e. The van der Waals surface area contributed by atoms with Crippen molar-refractivity contribution in [1.29, 1.82) is 0 Å². The molecule has 2 aliphatic rings. The Bertz CT molecular complexity index is 607. The monoisotopic (exact) mass is 325 g/mol. The van der Waals surface area contributed by atoms with Gasteiger partial charge < -0.3 is 15.4 Å². The molecule has 0 bridgehead atoms. The third-order valence-electron chi connectivity index (χ3n) is 3.72. The first-order valence-electron chi connectivity index (χ1n) is 6.96. The molecule has 6 nitrogen and oxygen atoms in total. The van der Waals surface area contributed by atoms with Gasteiger partial charge in [0.25, 0.3) is 5.91 Å². The van der Waals surface area contributed by atoms with E-state index in [9.17, 15) is 14.0 Å². The first kappa shape index (κ1) is 15.0. The molecule has 0 spiro atoms. The van der Waals surface area contributed by atoms with Crippen LogP contribution in [0, 0.1) is 5.82 Å². The first-order chi connectivity index (χ1) is 10.6. The van der Waals surface area contributed by atoms with Crippen LogP contribution in [0.5, 0.6) is 0 Å². The lowest BCUT2D eigenvalue weighted by Crippen LogP contribution is -2.33. The second-order valence-electron chi connectivity index (χ2n) is 5.12. The van der Waals surface area contributed by atoms with Crippen LogP contribution in [0.4, 0.5) is 20.6 Å². The van der Waals surface area contributed by atoms with Gasteiger partial charge in [0, 0.05) is 24.6 Å². The Balaban J connectivity index is 1.80. The average Bonchev–Trinajstić information content (AvgIpc) is 2.90. The number of benzene rings is 1. The van der Waals surface area contributed by atoms with Crippen molar-refractivity contribution < 1.29 is 18.7 Å². The summed E-state index contributed by atoms with van der Waals surface area (Å²) in [5, 5.41) is 0. The lowest BCUT2D eigenvalue weighted by molar-refractivity contribution is -0.124. The van der Waals surface area contributed by atoms with E-state index < -0.39 is 18.1 Å². The molecule has 0 aromatic heterocycles. The summed E-state index contributed by atoms with van der Waals surface area (Å²) >= 11 is 1.85. The van der Waals surface area contributed by atoms with Crippen LogP contribution >= 0.6 is 11.8 Å². The van der Waals surface area contributed by atoms with Gasteiger partial charge in [0.1, 0.15) is 5.82 Å². The number of nitrogens with zero attached hydrogens (tertiary/aromatic N) is 2. The molecule has 1 aromatic rings. The Morgan fingerprint density at radius 1 is 1.36 bits per heavy atom. The van der Waals surface area contributed by atoms with E-state index in [1.165, 1.54) is 11.0 Å². The summed E-state index contributed by atoms with van der Waals surface area (Å²) in [6.45, 7) is 1.61. The summed E-state index contributed by atoms with van der Waals surface area (Å²) in [6, 6.07) is 4.61. The fraction of sp³-hybridized carbons (Fsp3) is 0.429. The molecule has 1 aromatic carbocycles. The summed E-state index contributed by atoms with van der Waals surface area (Å²) in [5.74, 6) is 0.846. The molecule has 2 N–H and O–H groups in total. The van der Waals surface area contributed by atoms with Crippen LogP contribution in [-0.4, -0.2) is 49.2 Å². The van der Waals surface area contributed by atoms with E-state index in [1.807, 2.05) is 16.7 Å². The number of nitrogens with two attached hydrogens (primary N) is 1. The highest BCUT2D eigenvalue weighted by atomic mass is 32.2. The Labute approximate surface area is 131 Å². The number of carbonyl (C=O) groups is 2. The highest BCUT2D eigenvalue weighted by molar-refractivity contribution is 7.99. The van der Waals surface area contributed by atoms with Crippen molar-refractivity contribution in [2.24, 2.45) is 5.73 Å². The molecule has 2 saturated heterocycles. The van der Waals surface area contributed by atoms with Crippen LogP contribution in [0.2, 0.25) is 0 Å². The molecule has 22 heavy (non-hydrogen) atoms. The van der Waals surface area contributed by atoms with Gasteiger partial charge >= 0.3 is 6.09 Å². The van der Waals surface area contributed by atoms with Gasteiger partial charge in [-0.2, -0.15) is 11.8 Å². The van der Waals surface area contributed by atoms with Gasteiger partial charge in [-0.1, -0.05) is 0 Å². The Kier molecular flexibility index (Phi) is 4.10. The fourth-order valence-corrected chi connectivity index (χ4v) is 3.45. The zero-order valence-electron chi connectivity index (χ0n) is 11.8. The third kappa shape index (κ3) is 2.83. The lowest BCUT2D eigenvalue weighted by Gasteiger charge is -2.29. The average molecular weight is 325 g/mol. The summed E-state index contributed by atoms with van der Waals surface area (Å²) in [7, 11) is 0. The molecule has 3 rings (SSSR count). The van der Waals surface area contributed by atoms with E-state index in [0.717, 1.165) is 24.6 Å². The third-order valence-corrected chi connectivity index (χ3v) is 4.67. The van der Waals surface area contributed by atoms with Gasteiger partial charge in [-0.05, 0) is 18.2 Å². The van der Waals surface area contributed by atoms with Crippen LogP contribution in [0.3, 0.4) is 0 Å². The molecule has 1 atom stereocenters. The number of halogens is 1. The highest BCUT2D eigenvalue weighted by Gasteiger charge is 2.36. The minimum absolute atomic E-state index is 0.00725. The van der Waals surface area contributed by atoms with Crippen LogP contribution in [0.1, 0.15) is 0 Å². The summed E-state index contributed by atoms with van der Waals surface area (Å²) in [6.07, 6.45) is -1.68. The van der Waals surface area contributed by atoms with Crippen molar-refractivity contribution in [2.45, 2.75) is 6.10 Å². The number of amides is 2. The molecule has 8 heteroatoms. The maximum atomic E-state index is 14.4. The predicted molar refractivity (Wildman–Crippen MR) is 82.7 cm³/mol. The fourth-order valence-electron chi connectivity index (χ4n) is 2.55. The summed E-state index contributed by atoms with van der Waals surface area (Å²) in [5.41, 5.74) is 6.02. The number of rotatable bonds is 3. The Morgan fingerprint density at radius 3 is 2.68 bits per heavy atom. The number of anilines is 2. The van der Waals surface area contributed by atoms with Gasteiger partial charge in [-0.3, -0.25) is 9.69 Å². The van der Waals surface area contributed by atoms with E-state index in [0.29, 0.717) is 11.4 Å². The molecule has 0 aliphatic carbocycles. The second kappa shape index (κ2) is 6.04. The largest absolute Gasteiger partial charge is 0.434 e. The molecule has 0 saturated carbocycles. The second-order valence-corrected chi connectivity index (χ2v) is 6.35. The quantitative estimate of drug-likeness (QED) is 0.903. The molecule has 2 amide bonds. The van der Waals surface area contributed by atoms with Crippen molar-refractivity contribution >= 4 is 35.1 Å². The van der Waals surface area contributed by atoms with Gasteiger partial charge in [0.15, 0.2) is 6.10 Å². The van der Waals surface area contributed by atoms with Crippen LogP contribution in [0.15, 0.2) is 18.2 Å². The van der Waals surface area contributed by atoms with Crippen molar-refractivity contribution in [3.05, 3.63) is 24.0 Å². The number of cyclic esters (lactones) is 1. The molecule has 0 radical (unpaired) electrons. The van der Waals surface area contributed by atoms with Gasteiger partial charge in [0.2, 0.25) is 0 Å². The van der Waals surface area contributed by atoms with Gasteiger partial charge in [-0.25, -0.2) is 9.18 Å². The predicted octanol–water partition coefficient (Wildman–Crippen LogP) is 1.19. The highest BCUT2D eigenvalue weighted by Crippen LogP contribution is 2.29. The van der Waals surface area contributed by atoms with Crippen molar-refractivity contribution in [3.63, 3.8) is 0 Å². The smallest absolute Gasteiger partial charge is 0.415 e. The van der Waals surface area contributed by atoms with Crippen molar-refractivity contribution in [1.82, 2.24) is 0 Å². The van der Waals surface area contributed by atoms with Crippen molar-refractivity contribution in [2.75, 3.05) is 40.9 Å². The topological polar surface area (TPSA) is 75.9 Å². The zero-order valence-corrected chi connectivity index (χ0v) is 12.6. The maximum absolute atomic E-state index is 14.4. The number of hydrogen-bond donors (Lipinski definition) is 1. The van der Waals surface area contributed by atoms with Crippen LogP contribution in [-0.2, 0) is 9.53 Å². The summed E-state index contributed by atoms with van der Waals surface area (Å²) in [4.78, 5) is 26.0. The number of primary amides is 1. The molecule has 2 heterocycles. The number of carbonyl (C=O) groups excluding carboxylic acids is 2. The normalized spacial score (nSPS) is 21.9. The molecule has 118 valence electrons. The minimum atomic E-state index is -0.991. The standard InChI is InChI=1S/C14H16FN3O3S/c15-10-7-9(18-8-12(13(16)19)21-14(18)20)1-2-11(10)17-3-5-22-6-4-17/h1-2,7,12H,3-6,8H2,(H2,16,19). The Hall–Kier alpha value is -1.96. The maximum Gasteiger partial charge on any atom is 0.415 e. The molecule has 2 aliphatic heterocycles. The molecule has 2 fully saturated rings. The van der Waals surface area contributed by atoms with Crippen LogP contribution in [0.25, 0.3) is 0 Å². The summed E-state index contributed by atoms with van der Waals surface area (Å²) < 4.78 is 19.2. The van der Waals surface area contributed by atoms with Crippen molar-refractivity contribution in [3.8, 4) is 0 Å². The number of hydrogen-bond acceptors (Lipinski definition) is 5. The number of thioether (sulfide) groups is 1. The molecular formula is C14H16FN3O3S. The van der Waals surface area contributed by atoms with E-state index in [-0.39, 0.29) is 12.4 Å². The van der Waals surface area contributed by atoms with Gasteiger partial charge in [0.05, 0.1) is 17.9 Å². The van der Waals surface area contributed by atoms with E-state index in [4.69, 9.17) is 10.5 Å².